The van der Waals surface area contributed by atoms with E-state index in [0.717, 1.165) is 5.56 Å². The van der Waals surface area contributed by atoms with Crippen LogP contribution in [0.4, 0.5) is 4.39 Å². The van der Waals surface area contributed by atoms with Gasteiger partial charge in [-0.05, 0) is 43.4 Å². The topological polar surface area (TPSA) is 70.6 Å². The summed E-state index contributed by atoms with van der Waals surface area (Å²) in [5, 5.41) is 15.3. The fourth-order valence-corrected chi connectivity index (χ4v) is 3.07. The Morgan fingerprint density at radius 2 is 2.14 bits per heavy atom. The van der Waals surface area contributed by atoms with E-state index >= 15 is 0 Å². The molecule has 116 valence electrons. The molecule has 5 heteroatoms. The highest BCUT2D eigenvalue weighted by molar-refractivity contribution is 5.98. The lowest BCUT2D eigenvalue weighted by Crippen LogP contribution is -2.34. The number of hydrogen-bond acceptors (Lipinski definition) is 3. The van der Waals surface area contributed by atoms with Crippen molar-refractivity contribution in [2.45, 2.75) is 51.6 Å². The molecule has 4 nitrogen and oxygen atoms in total. The van der Waals surface area contributed by atoms with Crippen LogP contribution >= 0.6 is 0 Å². The molecule has 1 unspecified atom stereocenters. The molecule has 0 bridgehead atoms. The first-order valence-electron chi connectivity index (χ1n) is 7.61. The maximum absolute atomic E-state index is 13.3. The first kappa shape index (κ1) is 15.8. The summed E-state index contributed by atoms with van der Waals surface area (Å²) >= 11 is 0. The molecule has 1 aliphatic rings. The molecule has 2 rings (SSSR count). The van der Waals surface area contributed by atoms with Crippen molar-refractivity contribution in [3.05, 3.63) is 35.1 Å². The van der Waals surface area contributed by atoms with Crippen LogP contribution in [-0.4, -0.2) is 17.1 Å². The molecule has 4 N–H and O–H groups in total. The number of nitrogens with one attached hydrogen (secondary N) is 1. The Morgan fingerprint density at radius 3 is 2.81 bits per heavy atom. The van der Waals surface area contributed by atoms with Gasteiger partial charge < -0.3 is 16.3 Å². The van der Waals surface area contributed by atoms with Gasteiger partial charge in [0.2, 0.25) is 0 Å². The van der Waals surface area contributed by atoms with Crippen molar-refractivity contribution in [3.8, 4) is 0 Å². The third-order valence-corrected chi connectivity index (χ3v) is 4.43. The van der Waals surface area contributed by atoms with Gasteiger partial charge in [0, 0.05) is 18.2 Å². The van der Waals surface area contributed by atoms with Gasteiger partial charge >= 0.3 is 0 Å². The highest BCUT2D eigenvalue weighted by Gasteiger charge is 2.20. The molecule has 1 aliphatic carbocycles. The zero-order chi connectivity index (χ0) is 15.2. The third kappa shape index (κ3) is 4.17. The summed E-state index contributed by atoms with van der Waals surface area (Å²) in [4.78, 5) is 0. The summed E-state index contributed by atoms with van der Waals surface area (Å²) in [6, 6.07) is 4.80. The van der Waals surface area contributed by atoms with E-state index in [0.29, 0.717) is 24.1 Å². The molecule has 0 radical (unpaired) electrons. The fourth-order valence-electron chi connectivity index (χ4n) is 3.07. The summed E-state index contributed by atoms with van der Waals surface area (Å²) in [6.07, 6.45) is 6.50. The highest BCUT2D eigenvalue weighted by Crippen LogP contribution is 2.26. The van der Waals surface area contributed by atoms with Gasteiger partial charge in [0.1, 0.15) is 5.82 Å². The number of amidine groups is 1. The van der Waals surface area contributed by atoms with E-state index in [2.05, 4.69) is 17.4 Å². The second kappa shape index (κ2) is 7.41. The van der Waals surface area contributed by atoms with Gasteiger partial charge in [0.15, 0.2) is 5.84 Å². The summed E-state index contributed by atoms with van der Waals surface area (Å²) in [5.41, 5.74) is 6.91. The molecule has 1 aromatic carbocycles. The van der Waals surface area contributed by atoms with E-state index in [-0.39, 0.29) is 11.7 Å². The average molecular weight is 293 g/mol. The first-order valence-corrected chi connectivity index (χ1v) is 7.61. The van der Waals surface area contributed by atoms with Crippen molar-refractivity contribution in [3.63, 3.8) is 0 Å². The molecule has 1 aromatic rings. The largest absolute Gasteiger partial charge is 0.409 e. The molecular formula is C16H24FN3O. The predicted octanol–water partition coefficient (Wildman–Crippen LogP) is 2.98. The van der Waals surface area contributed by atoms with Crippen molar-refractivity contribution in [1.29, 1.82) is 0 Å². The molecule has 1 fully saturated rings. The fraction of sp³-hybridized carbons (Fsp3) is 0.562. The van der Waals surface area contributed by atoms with Crippen LogP contribution in [0.1, 0.15) is 50.2 Å². The standard InChI is InChI=1S/C16H24FN3O/c1-11(12-5-3-2-4-6-12)19-10-13-7-8-14(17)9-15(13)16(18)20-21/h7-9,11-12,19,21H,2-6,10H2,1H3,(H2,18,20). The molecule has 0 aromatic heterocycles. The van der Waals surface area contributed by atoms with E-state index in [1.54, 1.807) is 6.07 Å². The predicted molar refractivity (Wildman–Crippen MR) is 81.8 cm³/mol. The maximum atomic E-state index is 13.3. The quantitative estimate of drug-likeness (QED) is 0.338. The van der Waals surface area contributed by atoms with Crippen molar-refractivity contribution in [2.75, 3.05) is 0 Å². The lowest BCUT2D eigenvalue weighted by atomic mass is 9.84. The minimum absolute atomic E-state index is 0.0587. The van der Waals surface area contributed by atoms with E-state index in [4.69, 9.17) is 10.9 Å². The van der Waals surface area contributed by atoms with Crippen LogP contribution in [0.25, 0.3) is 0 Å². The average Bonchev–Trinajstić information content (AvgIpc) is 2.53. The first-order chi connectivity index (χ1) is 10.1. The number of nitrogens with zero attached hydrogens (tertiary/aromatic N) is 1. The Hall–Kier alpha value is -1.62. The van der Waals surface area contributed by atoms with E-state index in [9.17, 15) is 4.39 Å². The van der Waals surface area contributed by atoms with E-state index in [1.165, 1.54) is 44.2 Å². The second-order valence-corrected chi connectivity index (χ2v) is 5.85. The Bertz CT molecular complexity index is 498. The number of nitrogens with two attached hydrogens (primary N) is 1. The molecule has 0 amide bonds. The summed E-state index contributed by atoms with van der Waals surface area (Å²) < 4.78 is 13.3. The SMILES string of the molecule is CC(NCc1ccc(F)cc1C(N)=NO)C1CCCCC1. The normalized spacial score (nSPS) is 18.7. The monoisotopic (exact) mass is 293 g/mol. The molecule has 1 saturated carbocycles. The number of benzene rings is 1. The van der Waals surface area contributed by atoms with Crippen LogP contribution in [0.3, 0.4) is 0 Å². The minimum atomic E-state index is -0.388. The molecular weight excluding hydrogens is 269 g/mol. The van der Waals surface area contributed by atoms with Crippen molar-refractivity contribution in [2.24, 2.45) is 16.8 Å². The highest BCUT2D eigenvalue weighted by atomic mass is 19.1. The number of hydrogen-bond donors (Lipinski definition) is 3. The van der Waals surface area contributed by atoms with Crippen molar-refractivity contribution < 1.29 is 9.60 Å². The molecule has 0 aliphatic heterocycles. The molecule has 21 heavy (non-hydrogen) atoms. The maximum Gasteiger partial charge on any atom is 0.170 e. The van der Waals surface area contributed by atoms with Crippen molar-refractivity contribution in [1.82, 2.24) is 5.32 Å². The van der Waals surface area contributed by atoms with Gasteiger partial charge in [-0.2, -0.15) is 0 Å². The van der Waals surface area contributed by atoms with Crippen molar-refractivity contribution >= 4 is 5.84 Å². The molecule has 1 atom stereocenters. The van der Waals surface area contributed by atoms with Gasteiger partial charge in [-0.1, -0.05) is 30.5 Å². The Morgan fingerprint density at radius 1 is 1.43 bits per heavy atom. The Labute approximate surface area is 125 Å². The van der Waals surface area contributed by atoms with Gasteiger partial charge in [-0.15, -0.1) is 0 Å². The molecule has 0 saturated heterocycles. The molecule has 0 heterocycles. The summed E-state index contributed by atoms with van der Waals surface area (Å²) in [5.74, 6) is 0.254. The number of oxime groups is 1. The van der Waals surface area contributed by atoms with Crippen LogP contribution in [0, 0.1) is 11.7 Å². The third-order valence-electron chi connectivity index (χ3n) is 4.43. The zero-order valence-electron chi connectivity index (χ0n) is 12.5. The van der Waals surface area contributed by atoms with Crippen LogP contribution in [0.2, 0.25) is 0 Å². The van der Waals surface area contributed by atoms with Gasteiger partial charge in [0.25, 0.3) is 0 Å². The lowest BCUT2D eigenvalue weighted by molar-refractivity contribution is 0.280. The second-order valence-electron chi connectivity index (χ2n) is 5.85. The van der Waals surface area contributed by atoms with Crippen LogP contribution < -0.4 is 11.1 Å². The minimum Gasteiger partial charge on any atom is -0.409 e. The lowest BCUT2D eigenvalue weighted by Gasteiger charge is -2.28. The summed E-state index contributed by atoms with van der Waals surface area (Å²) in [6.45, 7) is 2.78. The van der Waals surface area contributed by atoms with Gasteiger partial charge in [-0.3, -0.25) is 0 Å². The van der Waals surface area contributed by atoms with E-state index in [1.807, 2.05) is 0 Å². The molecule has 0 spiro atoms. The van der Waals surface area contributed by atoms with Crippen LogP contribution in [-0.2, 0) is 6.54 Å². The smallest absolute Gasteiger partial charge is 0.170 e. The van der Waals surface area contributed by atoms with Gasteiger partial charge in [-0.25, -0.2) is 4.39 Å². The number of halogens is 1. The summed E-state index contributed by atoms with van der Waals surface area (Å²) in [7, 11) is 0. The Balaban J connectivity index is 2.02. The number of rotatable bonds is 5. The van der Waals surface area contributed by atoms with Gasteiger partial charge in [0.05, 0.1) is 0 Å². The Kier molecular flexibility index (Phi) is 5.56. The van der Waals surface area contributed by atoms with E-state index < -0.39 is 0 Å². The van der Waals surface area contributed by atoms with Crippen LogP contribution in [0.5, 0.6) is 0 Å². The zero-order valence-corrected chi connectivity index (χ0v) is 12.5. The van der Waals surface area contributed by atoms with Crippen LogP contribution in [0.15, 0.2) is 23.4 Å².